The van der Waals surface area contributed by atoms with Crippen molar-refractivity contribution in [3.8, 4) is 11.5 Å². The minimum atomic E-state index is -1.08. The van der Waals surface area contributed by atoms with Gasteiger partial charge in [0.2, 0.25) is 5.91 Å². The maximum atomic E-state index is 13.9. The molecule has 0 unspecified atom stereocenters. The van der Waals surface area contributed by atoms with Crippen molar-refractivity contribution in [2.24, 2.45) is 5.92 Å². The van der Waals surface area contributed by atoms with Gasteiger partial charge in [-0.25, -0.2) is 9.96 Å². The minimum absolute atomic E-state index is 0.138. The number of hydrogen-bond acceptors (Lipinski definition) is 8. The van der Waals surface area contributed by atoms with Gasteiger partial charge in [0.05, 0.1) is 28.9 Å². The van der Waals surface area contributed by atoms with Crippen LogP contribution in [0.25, 0.3) is 0 Å². The molecule has 4 aromatic rings. The third kappa shape index (κ3) is 4.92. The lowest BCUT2D eigenvalue weighted by Gasteiger charge is -2.29. The fraction of sp³-hybridized carbons (Fsp3) is 0.188. The number of ether oxygens (including phenoxy) is 2. The van der Waals surface area contributed by atoms with Gasteiger partial charge in [0.1, 0.15) is 12.5 Å². The number of nitro benzene ring substituents is 1. The van der Waals surface area contributed by atoms with Crippen LogP contribution in [-0.4, -0.2) is 29.4 Å². The molecule has 2 heterocycles. The molecule has 0 radical (unpaired) electrons. The number of hydroxylamine groups is 1. The Labute approximate surface area is 241 Å². The molecule has 2 amide bonds. The number of rotatable bonds is 9. The number of para-hydroxylation sites is 1. The molecular formula is C32H27N3O7. The Balaban J connectivity index is 1.36. The minimum Gasteiger partial charge on any atom is -0.490 e. The molecule has 2 saturated heterocycles. The first-order chi connectivity index (χ1) is 20.5. The van der Waals surface area contributed by atoms with Crippen LogP contribution in [-0.2, 0) is 21.0 Å². The third-order valence-corrected chi connectivity index (χ3v) is 7.29. The van der Waals surface area contributed by atoms with E-state index in [0.29, 0.717) is 36.0 Å². The van der Waals surface area contributed by atoms with Crippen molar-refractivity contribution < 1.29 is 28.8 Å². The second-order valence-electron chi connectivity index (χ2n) is 9.86. The van der Waals surface area contributed by atoms with E-state index < -0.39 is 34.8 Å². The van der Waals surface area contributed by atoms with Crippen LogP contribution in [0.1, 0.15) is 24.1 Å². The number of non-ortho nitro benzene ring substituents is 1. The number of carbonyl (C=O) groups excluding carboxylic acids is 2. The summed E-state index contributed by atoms with van der Waals surface area (Å²) in [6, 6.07) is 29.2. The SMILES string of the molecule is CCOc1cc([C@@H]2[C@H]3C(=O)N(c4ccc([N+](=O)[O-])cc4)C(=O)[C@@H]3ON2c2ccccc2)ccc1OCc1ccccc1. The second-order valence-corrected chi connectivity index (χ2v) is 9.86. The fourth-order valence-electron chi connectivity index (χ4n) is 5.36. The molecule has 0 aliphatic carbocycles. The van der Waals surface area contributed by atoms with Gasteiger partial charge in [-0.1, -0.05) is 54.6 Å². The molecule has 212 valence electrons. The van der Waals surface area contributed by atoms with Gasteiger partial charge >= 0.3 is 0 Å². The molecule has 0 aromatic heterocycles. The molecule has 6 rings (SSSR count). The zero-order valence-corrected chi connectivity index (χ0v) is 22.7. The number of nitro groups is 1. The molecule has 0 spiro atoms. The molecule has 2 fully saturated rings. The first-order valence-electron chi connectivity index (χ1n) is 13.5. The van der Waals surface area contributed by atoms with Crippen LogP contribution in [0.4, 0.5) is 17.1 Å². The Bertz CT molecular complexity index is 1610. The maximum Gasteiger partial charge on any atom is 0.269 e. The molecule has 2 aliphatic rings. The van der Waals surface area contributed by atoms with Gasteiger partial charge in [-0.3, -0.25) is 24.5 Å². The lowest BCUT2D eigenvalue weighted by atomic mass is 9.90. The predicted octanol–water partition coefficient (Wildman–Crippen LogP) is 5.62. The summed E-state index contributed by atoms with van der Waals surface area (Å²) in [5, 5.41) is 12.7. The lowest BCUT2D eigenvalue weighted by molar-refractivity contribution is -0.384. The van der Waals surface area contributed by atoms with E-state index in [4.69, 9.17) is 14.3 Å². The van der Waals surface area contributed by atoms with Crippen molar-refractivity contribution in [1.29, 1.82) is 0 Å². The summed E-state index contributed by atoms with van der Waals surface area (Å²) in [6.45, 7) is 2.62. The smallest absolute Gasteiger partial charge is 0.269 e. The molecule has 42 heavy (non-hydrogen) atoms. The van der Waals surface area contributed by atoms with E-state index in [-0.39, 0.29) is 11.4 Å². The zero-order chi connectivity index (χ0) is 29.2. The van der Waals surface area contributed by atoms with E-state index in [2.05, 4.69) is 0 Å². The first-order valence-corrected chi connectivity index (χ1v) is 13.5. The molecule has 10 nitrogen and oxygen atoms in total. The maximum absolute atomic E-state index is 13.9. The Morgan fingerprint density at radius 1 is 0.810 bits per heavy atom. The van der Waals surface area contributed by atoms with Crippen molar-refractivity contribution in [2.45, 2.75) is 25.7 Å². The number of anilines is 2. The summed E-state index contributed by atoms with van der Waals surface area (Å²) >= 11 is 0. The molecule has 2 aliphatic heterocycles. The number of carbonyl (C=O) groups is 2. The van der Waals surface area contributed by atoms with Crippen molar-refractivity contribution in [3.05, 3.63) is 124 Å². The molecule has 0 saturated carbocycles. The van der Waals surface area contributed by atoms with Crippen LogP contribution in [0, 0.1) is 16.0 Å². The van der Waals surface area contributed by atoms with Crippen LogP contribution in [0.5, 0.6) is 11.5 Å². The summed E-state index contributed by atoms with van der Waals surface area (Å²) in [5.74, 6) is -0.808. The summed E-state index contributed by atoms with van der Waals surface area (Å²) in [7, 11) is 0. The van der Waals surface area contributed by atoms with Gasteiger partial charge in [0.15, 0.2) is 17.6 Å². The normalized spacial score (nSPS) is 19.6. The van der Waals surface area contributed by atoms with Gasteiger partial charge in [-0.15, -0.1) is 0 Å². The Kier molecular flexibility index (Phi) is 7.28. The van der Waals surface area contributed by atoms with Crippen molar-refractivity contribution in [1.82, 2.24) is 0 Å². The number of fused-ring (bicyclic) bond motifs is 1. The highest BCUT2D eigenvalue weighted by Crippen LogP contribution is 2.48. The van der Waals surface area contributed by atoms with E-state index in [9.17, 15) is 19.7 Å². The molecule has 0 bridgehead atoms. The Hall–Kier alpha value is -5.22. The van der Waals surface area contributed by atoms with Gasteiger partial charge < -0.3 is 9.47 Å². The topological polar surface area (TPSA) is 111 Å². The lowest BCUT2D eigenvalue weighted by Crippen LogP contribution is -2.37. The summed E-state index contributed by atoms with van der Waals surface area (Å²) in [5.41, 5.74) is 2.50. The van der Waals surface area contributed by atoms with Gasteiger partial charge in [-0.05, 0) is 54.4 Å². The van der Waals surface area contributed by atoms with Crippen LogP contribution in [0.2, 0.25) is 0 Å². The van der Waals surface area contributed by atoms with Crippen LogP contribution in [0.15, 0.2) is 103 Å². The van der Waals surface area contributed by atoms with Crippen molar-refractivity contribution in [2.75, 3.05) is 16.6 Å². The number of nitrogens with zero attached hydrogens (tertiary/aromatic N) is 3. The molecule has 10 heteroatoms. The summed E-state index contributed by atoms with van der Waals surface area (Å²) in [4.78, 5) is 45.4. The van der Waals surface area contributed by atoms with Gasteiger partial charge in [-0.2, -0.15) is 0 Å². The van der Waals surface area contributed by atoms with Crippen LogP contribution in [0.3, 0.4) is 0 Å². The largest absolute Gasteiger partial charge is 0.490 e. The number of imide groups is 1. The van der Waals surface area contributed by atoms with E-state index in [0.717, 1.165) is 10.5 Å². The second kappa shape index (κ2) is 11.3. The highest BCUT2D eigenvalue weighted by molar-refractivity contribution is 6.24. The Morgan fingerprint density at radius 3 is 2.17 bits per heavy atom. The van der Waals surface area contributed by atoms with Crippen LogP contribution < -0.4 is 19.4 Å². The summed E-state index contributed by atoms with van der Waals surface area (Å²) in [6.07, 6.45) is -1.08. The van der Waals surface area contributed by atoms with Gasteiger partial charge in [0.25, 0.3) is 11.6 Å². The van der Waals surface area contributed by atoms with Crippen molar-refractivity contribution >= 4 is 28.9 Å². The quantitative estimate of drug-likeness (QED) is 0.146. The number of hydrogen-bond donors (Lipinski definition) is 0. The third-order valence-electron chi connectivity index (χ3n) is 7.29. The highest BCUT2D eigenvalue weighted by atomic mass is 16.7. The zero-order valence-electron chi connectivity index (χ0n) is 22.7. The van der Waals surface area contributed by atoms with Crippen LogP contribution >= 0.6 is 0 Å². The Morgan fingerprint density at radius 2 is 1.50 bits per heavy atom. The van der Waals surface area contributed by atoms with Crippen molar-refractivity contribution in [3.63, 3.8) is 0 Å². The van der Waals surface area contributed by atoms with E-state index >= 15 is 0 Å². The molecule has 0 N–H and O–H groups in total. The van der Waals surface area contributed by atoms with E-state index in [1.54, 1.807) is 11.1 Å². The predicted molar refractivity (Wildman–Crippen MR) is 154 cm³/mol. The number of amides is 2. The number of benzene rings is 4. The summed E-state index contributed by atoms with van der Waals surface area (Å²) < 4.78 is 12.0. The van der Waals surface area contributed by atoms with E-state index in [1.165, 1.54) is 24.3 Å². The van der Waals surface area contributed by atoms with Gasteiger partial charge in [0, 0.05) is 12.1 Å². The monoisotopic (exact) mass is 565 g/mol. The fourth-order valence-corrected chi connectivity index (χ4v) is 5.36. The van der Waals surface area contributed by atoms with E-state index in [1.807, 2.05) is 79.7 Å². The molecule has 4 aromatic carbocycles. The highest BCUT2D eigenvalue weighted by Gasteiger charge is 2.60. The molecule has 3 atom stereocenters. The average molecular weight is 566 g/mol. The standard InChI is InChI=1S/C32H27N3O7/c1-2-40-27-19-22(13-18-26(27)41-20-21-9-5-3-6-10-21)29-28-30(42-34(29)24-11-7-4-8-12-24)32(37)33(31(28)36)23-14-16-25(17-15-23)35(38)39/h3-19,28-30H,2,20H2,1H3/t28-,29-,30-/m1/s1. The average Bonchev–Trinajstić information content (AvgIpc) is 3.53. The molecular weight excluding hydrogens is 538 g/mol. The first kappa shape index (κ1) is 27.0.